The van der Waals surface area contributed by atoms with Crippen LogP contribution in [0.15, 0.2) is 18.2 Å². The summed E-state index contributed by atoms with van der Waals surface area (Å²) in [6.07, 6.45) is 0.298. The summed E-state index contributed by atoms with van der Waals surface area (Å²) in [6.45, 7) is 1.81. The van der Waals surface area contributed by atoms with Gasteiger partial charge in [0, 0.05) is 11.4 Å². The number of hydrogen-bond donors (Lipinski definition) is 2. The number of aliphatic hydroxyl groups excluding tert-OH is 1. The fourth-order valence-electron chi connectivity index (χ4n) is 1.44. The molecule has 0 radical (unpaired) electrons. The number of primary amides is 1. The lowest BCUT2D eigenvalue weighted by Gasteiger charge is -2.11. The Balaban J connectivity index is 2.90. The van der Waals surface area contributed by atoms with Gasteiger partial charge in [-0.3, -0.25) is 4.79 Å². The smallest absolute Gasteiger partial charge is 0.218 e. The second-order valence-electron chi connectivity index (χ2n) is 3.58. The number of carbonyl (C=O) groups is 1. The van der Waals surface area contributed by atoms with Gasteiger partial charge in [0.2, 0.25) is 5.91 Å². The molecule has 0 saturated carbocycles. The monoisotopic (exact) mass is 227 g/mol. The number of nitrogens with two attached hydrogens (primary N) is 1. The molecule has 0 saturated heterocycles. The molecule has 0 aliphatic carbocycles. The molecule has 1 aromatic carbocycles. The Bertz CT molecular complexity index is 366. The molecule has 4 heteroatoms. The molecule has 1 unspecified atom stereocenters. The normalized spacial score (nSPS) is 12.5. The number of benzene rings is 1. The molecule has 1 atom stereocenters. The first-order valence-corrected chi connectivity index (χ1v) is 5.10. The van der Waals surface area contributed by atoms with Gasteiger partial charge in [0.1, 0.15) is 0 Å². The number of hydrogen-bond acceptors (Lipinski definition) is 2. The van der Waals surface area contributed by atoms with E-state index < -0.39 is 0 Å². The molecule has 3 nitrogen and oxygen atoms in total. The van der Waals surface area contributed by atoms with Crippen LogP contribution >= 0.6 is 11.6 Å². The van der Waals surface area contributed by atoms with Crippen LogP contribution in [0.25, 0.3) is 0 Å². The minimum absolute atomic E-state index is 0.0464. The Morgan fingerprint density at radius 1 is 1.60 bits per heavy atom. The molecule has 15 heavy (non-hydrogen) atoms. The molecule has 82 valence electrons. The van der Waals surface area contributed by atoms with E-state index >= 15 is 0 Å². The Kier molecular flexibility index (Phi) is 4.12. The summed E-state index contributed by atoms with van der Waals surface area (Å²) in [5, 5.41) is 9.57. The van der Waals surface area contributed by atoms with Crippen molar-refractivity contribution in [1.29, 1.82) is 0 Å². The van der Waals surface area contributed by atoms with Crippen LogP contribution in [0.1, 0.15) is 30.4 Å². The average Bonchev–Trinajstić information content (AvgIpc) is 2.17. The van der Waals surface area contributed by atoms with Crippen molar-refractivity contribution in [3.05, 3.63) is 34.3 Å². The van der Waals surface area contributed by atoms with E-state index in [9.17, 15) is 4.79 Å². The summed E-state index contributed by atoms with van der Waals surface area (Å²) in [5.41, 5.74) is 6.75. The zero-order chi connectivity index (χ0) is 11.4. The minimum atomic E-state index is -0.331. The third-order valence-corrected chi connectivity index (χ3v) is 2.69. The third-order valence-electron chi connectivity index (χ3n) is 2.32. The van der Waals surface area contributed by atoms with Crippen LogP contribution in [-0.4, -0.2) is 11.0 Å². The molecule has 0 spiro atoms. The van der Waals surface area contributed by atoms with Crippen molar-refractivity contribution in [1.82, 2.24) is 0 Å². The molecule has 0 heterocycles. The Labute approximate surface area is 93.9 Å². The van der Waals surface area contributed by atoms with Crippen molar-refractivity contribution >= 4 is 17.5 Å². The van der Waals surface area contributed by atoms with Gasteiger partial charge in [-0.1, -0.05) is 30.7 Å². The van der Waals surface area contributed by atoms with Crippen molar-refractivity contribution < 1.29 is 9.90 Å². The Hall–Kier alpha value is -1.06. The maximum absolute atomic E-state index is 10.8. The highest BCUT2D eigenvalue weighted by Crippen LogP contribution is 2.24. The van der Waals surface area contributed by atoms with Crippen LogP contribution in [0.5, 0.6) is 0 Å². The number of rotatable bonds is 4. The quantitative estimate of drug-likeness (QED) is 0.824. The molecule has 1 aromatic rings. The second-order valence-corrected chi connectivity index (χ2v) is 3.99. The lowest BCUT2D eigenvalue weighted by atomic mass is 9.96. The van der Waals surface area contributed by atoms with Gasteiger partial charge in [-0.15, -0.1) is 0 Å². The highest BCUT2D eigenvalue weighted by molar-refractivity contribution is 6.31. The van der Waals surface area contributed by atoms with E-state index in [1.807, 2.05) is 13.0 Å². The van der Waals surface area contributed by atoms with Crippen LogP contribution < -0.4 is 5.73 Å². The number of aliphatic hydroxyl groups is 1. The highest BCUT2D eigenvalue weighted by Gasteiger charge is 2.10. The molecule has 0 aliphatic heterocycles. The van der Waals surface area contributed by atoms with E-state index in [0.717, 1.165) is 5.56 Å². The van der Waals surface area contributed by atoms with Crippen LogP contribution in [0.4, 0.5) is 0 Å². The molecule has 0 fully saturated rings. The number of amides is 1. The van der Waals surface area contributed by atoms with Gasteiger partial charge in [-0.05, 0) is 23.1 Å². The summed E-state index contributed by atoms with van der Waals surface area (Å²) in [7, 11) is 0. The zero-order valence-electron chi connectivity index (χ0n) is 8.53. The van der Waals surface area contributed by atoms with Crippen LogP contribution in [-0.2, 0) is 11.4 Å². The summed E-state index contributed by atoms with van der Waals surface area (Å²) in [5.74, 6) is -0.284. The van der Waals surface area contributed by atoms with Crippen LogP contribution in [0.3, 0.4) is 0 Å². The fourth-order valence-corrected chi connectivity index (χ4v) is 1.62. The first-order valence-electron chi connectivity index (χ1n) is 4.72. The molecule has 0 aliphatic rings. The van der Waals surface area contributed by atoms with E-state index in [4.69, 9.17) is 22.4 Å². The van der Waals surface area contributed by atoms with Gasteiger partial charge in [0.05, 0.1) is 6.61 Å². The summed E-state index contributed by atoms with van der Waals surface area (Å²) >= 11 is 5.86. The van der Waals surface area contributed by atoms with Gasteiger partial charge < -0.3 is 10.8 Å². The van der Waals surface area contributed by atoms with Gasteiger partial charge in [-0.25, -0.2) is 0 Å². The van der Waals surface area contributed by atoms with E-state index in [1.165, 1.54) is 0 Å². The summed E-state index contributed by atoms with van der Waals surface area (Å²) in [6, 6.07) is 5.37. The molecule has 1 rings (SSSR count). The van der Waals surface area contributed by atoms with Crippen molar-refractivity contribution in [3.8, 4) is 0 Å². The van der Waals surface area contributed by atoms with E-state index in [-0.39, 0.29) is 18.4 Å². The predicted molar refractivity (Wildman–Crippen MR) is 59.6 cm³/mol. The Morgan fingerprint density at radius 2 is 2.27 bits per heavy atom. The summed E-state index contributed by atoms with van der Waals surface area (Å²) < 4.78 is 0. The molecule has 0 bridgehead atoms. The minimum Gasteiger partial charge on any atom is -0.392 e. The number of carbonyl (C=O) groups excluding carboxylic acids is 1. The van der Waals surface area contributed by atoms with Crippen LogP contribution in [0.2, 0.25) is 5.02 Å². The first kappa shape index (κ1) is 12.0. The second kappa shape index (κ2) is 5.14. The van der Waals surface area contributed by atoms with E-state index in [0.29, 0.717) is 17.0 Å². The van der Waals surface area contributed by atoms with Gasteiger partial charge >= 0.3 is 0 Å². The van der Waals surface area contributed by atoms with Crippen molar-refractivity contribution in [2.75, 3.05) is 0 Å². The molecule has 1 amide bonds. The molecular weight excluding hydrogens is 214 g/mol. The van der Waals surface area contributed by atoms with E-state index in [1.54, 1.807) is 12.1 Å². The largest absolute Gasteiger partial charge is 0.392 e. The fraction of sp³-hybridized carbons (Fsp3) is 0.364. The average molecular weight is 228 g/mol. The number of halogens is 1. The van der Waals surface area contributed by atoms with Gasteiger partial charge in [0.25, 0.3) is 0 Å². The van der Waals surface area contributed by atoms with Crippen LogP contribution in [0, 0.1) is 0 Å². The van der Waals surface area contributed by atoms with Crippen molar-refractivity contribution in [2.24, 2.45) is 5.73 Å². The maximum atomic E-state index is 10.8. The summed E-state index contributed by atoms with van der Waals surface area (Å²) in [4.78, 5) is 10.8. The van der Waals surface area contributed by atoms with Gasteiger partial charge in [0.15, 0.2) is 0 Å². The van der Waals surface area contributed by atoms with Gasteiger partial charge in [-0.2, -0.15) is 0 Å². The third kappa shape index (κ3) is 3.22. The van der Waals surface area contributed by atoms with E-state index in [2.05, 4.69) is 0 Å². The topological polar surface area (TPSA) is 63.3 Å². The zero-order valence-corrected chi connectivity index (χ0v) is 9.29. The molecular formula is C11H14ClNO2. The lowest BCUT2D eigenvalue weighted by molar-refractivity contribution is -0.118. The predicted octanol–water partition coefficient (Wildman–Crippen LogP) is 1.81. The standard InChI is InChI=1S/C11H14ClNO2/c1-7(4-11(13)15)8-2-3-10(12)9(5-8)6-14/h2-3,5,7,14H,4,6H2,1H3,(H2,13,15). The maximum Gasteiger partial charge on any atom is 0.218 e. The molecule has 3 N–H and O–H groups in total. The lowest BCUT2D eigenvalue weighted by Crippen LogP contribution is -2.13. The first-order chi connectivity index (χ1) is 7.04. The van der Waals surface area contributed by atoms with Crippen molar-refractivity contribution in [2.45, 2.75) is 25.9 Å². The SMILES string of the molecule is CC(CC(N)=O)c1ccc(Cl)c(CO)c1. The molecule has 0 aromatic heterocycles. The van der Waals surface area contributed by atoms with Crippen molar-refractivity contribution in [3.63, 3.8) is 0 Å². The highest BCUT2D eigenvalue weighted by atomic mass is 35.5. The Morgan fingerprint density at radius 3 is 2.80 bits per heavy atom.